The number of hydrogen-bond donors (Lipinski definition) is 0. The van der Waals surface area contributed by atoms with E-state index in [-0.39, 0.29) is 33.6 Å². The van der Waals surface area contributed by atoms with Gasteiger partial charge in [-0.25, -0.2) is 0 Å². The fourth-order valence-corrected chi connectivity index (χ4v) is 2.35. The van der Waals surface area contributed by atoms with E-state index in [9.17, 15) is 18.0 Å². The molecule has 0 heterocycles. The van der Waals surface area contributed by atoms with E-state index >= 15 is 0 Å². The first-order valence-corrected chi connectivity index (χ1v) is 6.42. The summed E-state index contributed by atoms with van der Waals surface area (Å²) < 4.78 is 37.0. The van der Waals surface area contributed by atoms with E-state index < -0.39 is 10.3 Å². The minimum atomic E-state index is -4.47. The Bertz CT molecular complexity index is 510. The smallest absolute Gasteiger partial charge is 0.298 e. The molecule has 0 saturated carbocycles. The number of ketones is 1. The zero-order chi connectivity index (χ0) is 13.9. The Labute approximate surface area is 114 Å². The van der Waals surface area contributed by atoms with Gasteiger partial charge in [0.2, 0.25) is 0 Å². The van der Waals surface area contributed by atoms with Crippen LogP contribution in [0.15, 0.2) is 23.1 Å². The van der Waals surface area contributed by atoms with Crippen LogP contribution in [-0.4, -0.2) is 11.3 Å². The highest BCUT2D eigenvalue weighted by Crippen LogP contribution is 2.40. The average Bonchev–Trinajstić information content (AvgIpc) is 2.25. The number of alkyl halides is 4. The van der Waals surface area contributed by atoms with Crippen LogP contribution < -0.4 is 0 Å². The first-order chi connectivity index (χ1) is 8.26. The molecule has 0 saturated heterocycles. The van der Waals surface area contributed by atoms with Crippen molar-refractivity contribution in [1.29, 1.82) is 5.26 Å². The Balaban J connectivity index is 3.28. The number of halogens is 4. The largest absolute Gasteiger partial charge is 0.446 e. The van der Waals surface area contributed by atoms with E-state index in [4.69, 9.17) is 5.26 Å². The Morgan fingerprint density at radius 1 is 1.50 bits per heavy atom. The van der Waals surface area contributed by atoms with Crippen LogP contribution in [0.2, 0.25) is 0 Å². The van der Waals surface area contributed by atoms with Gasteiger partial charge in [0.05, 0.1) is 10.4 Å². The van der Waals surface area contributed by atoms with Gasteiger partial charge in [-0.15, -0.1) is 0 Å². The maximum atomic E-state index is 12.3. The molecule has 0 amide bonds. The molecule has 0 aliphatic carbocycles. The summed E-state index contributed by atoms with van der Waals surface area (Å²) in [5, 5.41) is 8.96. The van der Waals surface area contributed by atoms with Crippen LogP contribution in [0.4, 0.5) is 13.2 Å². The molecule has 0 aromatic heterocycles. The van der Waals surface area contributed by atoms with Crippen LogP contribution in [0.5, 0.6) is 0 Å². The lowest BCUT2D eigenvalue weighted by atomic mass is 10.0. The molecule has 0 N–H and O–H groups in total. The van der Waals surface area contributed by atoms with Crippen LogP contribution in [-0.2, 0) is 4.79 Å². The highest BCUT2D eigenvalue weighted by atomic mass is 79.9. The molecule has 1 aromatic rings. The van der Waals surface area contributed by atoms with Crippen molar-refractivity contribution in [2.24, 2.45) is 0 Å². The van der Waals surface area contributed by atoms with Crippen LogP contribution in [0.1, 0.15) is 22.9 Å². The van der Waals surface area contributed by atoms with Crippen molar-refractivity contribution >= 4 is 33.5 Å². The van der Waals surface area contributed by atoms with Gasteiger partial charge in [-0.3, -0.25) is 4.79 Å². The highest BCUT2D eigenvalue weighted by molar-refractivity contribution is 9.09. The predicted octanol–water partition coefficient (Wildman–Crippen LogP) is 4.20. The van der Waals surface area contributed by atoms with E-state index in [0.717, 1.165) is 0 Å². The zero-order valence-electron chi connectivity index (χ0n) is 9.08. The molecule has 0 aliphatic rings. The second-order valence-corrected chi connectivity index (χ2v) is 5.38. The second-order valence-electron chi connectivity index (χ2n) is 3.35. The first-order valence-electron chi connectivity index (χ1n) is 4.69. The number of rotatable bonds is 3. The molecule has 96 valence electrons. The second kappa shape index (κ2) is 5.76. The number of nitrogens with zero attached hydrogens (tertiary/aromatic N) is 1. The summed E-state index contributed by atoms with van der Waals surface area (Å²) >= 11 is 2.71. The van der Waals surface area contributed by atoms with Crippen molar-refractivity contribution in [3.05, 3.63) is 29.3 Å². The maximum Gasteiger partial charge on any atom is 0.446 e. The molecule has 0 bridgehead atoms. The van der Waals surface area contributed by atoms with Crippen molar-refractivity contribution < 1.29 is 18.0 Å². The Morgan fingerprint density at radius 2 is 2.11 bits per heavy atom. The van der Waals surface area contributed by atoms with E-state index in [1.807, 2.05) is 0 Å². The third-order valence-corrected chi connectivity index (χ3v) is 3.96. The normalized spacial score (nSPS) is 12.9. The van der Waals surface area contributed by atoms with Gasteiger partial charge in [0.15, 0.2) is 0 Å². The van der Waals surface area contributed by atoms with E-state index in [1.165, 1.54) is 25.1 Å². The lowest BCUT2D eigenvalue weighted by molar-refractivity contribution is -0.116. The minimum Gasteiger partial charge on any atom is -0.298 e. The fourth-order valence-electron chi connectivity index (χ4n) is 1.31. The number of hydrogen-bond acceptors (Lipinski definition) is 3. The number of Topliss-reactive ketones (excluding diaryl/α,β-unsaturated/α-hetero) is 1. The Hall–Kier alpha value is -1.00. The standard InChI is InChI=1S/C11H7BrF3NOS/c1-6(17)10(12)7-3-2-4-9(8(7)5-16)18-11(13,14)15/h2-4,10H,1H3. The van der Waals surface area contributed by atoms with Crippen molar-refractivity contribution in [3.63, 3.8) is 0 Å². The van der Waals surface area contributed by atoms with Crippen molar-refractivity contribution in [1.82, 2.24) is 0 Å². The molecule has 0 spiro atoms. The molecule has 2 nitrogen and oxygen atoms in total. The molecular weight excluding hydrogens is 331 g/mol. The molecule has 1 atom stereocenters. The maximum absolute atomic E-state index is 12.3. The average molecular weight is 338 g/mol. The molecule has 1 unspecified atom stereocenters. The van der Waals surface area contributed by atoms with E-state index in [1.54, 1.807) is 6.07 Å². The quantitative estimate of drug-likeness (QED) is 0.613. The third kappa shape index (κ3) is 3.75. The van der Waals surface area contributed by atoms with Gasteiger partial charge >= 0.3 is 5.51 Å². The summed E-state index contributed by atoms with van der Waals surface area (Å²) in [6, 6.07) is 5.78. The number of benzene rings is 1. The number of carbonyl (C=O) groups excluding carboxylic acids is 1. The van der Waals surface area contributed by atoms with Gasteiger partial charge in [0.25, 0.3) is 0 Å². The molecule has 0 aliphatic heterocycles. The van der Waals surface area contributed by atoms with Crippen molar-refractivity contribution in [2.45, 2.75) is 22.2 Å². The first kappa shape index (κ1) is 15.1. The number of carbonyl (C=O) groups is 1. The SMILES string of the molecule is CC(=O)C(Br)c1cccc(SC(F)(F)F)c1C#N. The summed E-state index contributed by atoms with van der Waals surface area (Å²) in [6.07, 6.45) is 0. The Morgan fingerprint density at radius 3 is 2.56 bits per heavy atom. The van der Waals surface area contributed by atoms with Crippen molar-refractivity contribution in [3.8, 4) is 6.07 Å². The molecule has 0 fully saturated rings. The summed E-state index contributed by atoms with van der Waals surface area (Å²) in [5.74, 6) is -0.277. The van der Waals surface area contributed by atoms with E-state index in [0.29, 0.717) is 0 Å². The third-order valence-electron chi connectivity index (χ3n) is 2.03. The molecule has 0 radical (unpaired) electrons. The van der Waals surface area contributed by atoms with Gasteiger partial charge < -0.3 is 0 Å². The lowest BCUT2D eigenvalue weighted by Crippen LogP contribution is -2.06. The Kier molecular flexibility index (Phi) is 4.82. The van der Waals surface area contributed by atoms with Crippen LogP contribution in [0.25, 0.3) is 0 Å². The molecule has 1 rings (SSSR count). The van der Waals surface area contributed by atoms with Crippen LogP contribution in [0, 0.1) is 11.3 Å². The summed E-state index contributed by atoms with van der Waals surface area (Å²) in [7, 11) is 0. The predicted molar refractivity (Wildman–Crippen MR) is 65.4 cm³/mol. The van der Waals surface area contributed by atoms with Gasteiger partial charge in [-0.1, -0.05) is 28.1 Å². The number of thioether (sulfide) groups is 1. The molecule has 1 aromatic carbocycles. The monoisotopic (exact) mass is 337 g/mol. The summed E-state index contributed by atoms with van der Waals surface area (Å²) in [6.45, 7) is 1.30. The fraction of sp³-hybridized carbons (Fsp3) is 0.273. The summed E-state index contributed by atoms with van der Waals surface area (Å²) in [5.41, 5.74) is -4.35. The summed E-state index contributed by atoms with van der Waals surface area (Å²) in [4.78, 5) is 10.2. The highest BCUT2D eigenvalue weighted by Gasteiger charge is 2.31. The van der Waals surface area contributed by atoms with Crippen LogP contribution >= 0.6 is 27.7 Å². The van der Waals surface area contributed by atoms with Gasteiger partial charge in [-0.05, 0) is 30.3 Å². The minimum absolute atomic E-state index is 0.128. The topological polar surface area (TPSA) is 40.9 Å². The molecule has 7 heteroatoms. The van der Waals surface area contributed by atoms with Crippen molar-refractivity contribution in [2.75, 3.05) is 0 Å². The van der Waals surface area contributed by atoms with Gasteiger partial charge in [-0.2, -0.15) is 18.4 Å². The molecular formula is C11H7BrF3NOS. The van der Waals surface area contributed by atoms with Crippen LogP contribution in [0.3, 0.4) is 0 Å². The zero-order valence-corrected chi connectivity index (χ0v) is 11.5. The lowest BCUT2D eigenvalue weighted by Gasteiger charge is -2.13. The molecule has 18 heavy (non-hydrogen) atoms. The van der Waals surface area contributed by atoms with Gasteiger partial charge in [0.1, 0.15) is 11.9 Å². The number of nitriles is 1. The van der Waals surface area contributed by atoms with E-state index in [2.05, 4.69) is 15.9 Å². The van der Waals surface area contributed by atoms with Gasteiger partial charge in [0, 0.05) is 4.90 Å².